The van der Waals surface area contributed by atoms with Crippen molar-refractivity contribution in [1.82, 2.24) is 0 Å². The molecule has 5 nitrogen and oxygen atoms in total. The van der Waals surface area contributed by atoms with Gasteiger partial charge in [0.25, 0.3) is 0 Å². The van der Waals surface area contributed by atoms with E-state index < -0.39 is 12.0 Å². The van der Waals surface area contributed by atoms with Crippen molar-refractivity contribution in [3.05, 3.63) is 24.3 Å². The van der Waals surface area contributed by atoms with Gasteiger partial charge in [0.1, 0.15) is 17.6 Å². The Morgan fingerprint density at radius 1 is 1.19 bits per heavy atom. The third kappa shape index (κ3) is 5.45. The second kappa shape index (κ2) is 8.29. The summed E-state index contributed by atoms with van der Waals surface area (Å²) in [6, 6.07) is 6.49. The molecule has 0 fully saturated rings. The molecule has 116 valence electrons. The van der Waals surface area contributed by atoms with E-state index in [-0.39, 0.29) is 24.7 Å². The molecule has 0 aliphatic rings. The standard InChI is InChI=1S/C16H23NO4/c1-5-21-16(19)14(10-15(18)11(2)3)17-12-6-8-13(20-4)9-7-12/h6-9,11,14,17H,5,10H2,1-4H3. The predicted molar refractivity (Wildman–Crippen MR) is 81.5 cm³/mol. The first-order chi connectivity index (χ1) is 9.97. The van der Waals surface area contributed by atoms with E-state index in [9.17, 15) is 9.59 Å². The Kier molecular flexibility index (Phi) is 6.72. The summed E-state index contributed by atoms with van der Waals surface area (Å²) in [7, 11) is 1.59. The van der Waals surface area contributed by atoms with Gasteiger partial charge in [0.15, 0.2) is 0 Å². The zero-order valence-electron chi connectivity index (χ0n) is 13.0. The van der Waals surface area contributed by atoms with Gasteiger partial charge in [-0.25, -0.2) is 4.79 Å². The van der Waals surface area contributed by atoms with Gasteiger partial charge in [-0.3, -0.25) is 4.79 Å². The van der Waals surface area contributed by atoms with Crippen LogP contribution in [0.5, 0.6) is 5.75 Å². The molecule has 1 atom stereocenters. The van der Waals surface area contributed by atoms with E-state index in [2.05, 4.69) is 5.32 Å². The zero-order chi connectivity index (χ0) is 15.8. The minimum Gasteiger partial charge on any atom is -0.497 e. The van der Waals surface area contributed by atoms with Crippen molar-refractivity contribution in [2.24, 2.45) is 5.92 Å². The Hall–Kier alpha value is -2.04. The van der Waals surface area contributed by atoms with E-state index in [4.69, 9.17) is 9.47 Å². The molecule has 0 saturated heterocycles. The van der Waals surface area contributed by atoms with Crippen LogP contribution in [0.25, 0.3) is 0 Å². The fourth-order valence-corrected chi connectivity index (χ4v) is 1.76. The van der Waals surface area contributed by atoms with Crippen LogP contribution in [0.15, 0.2) is 24.3 Å². The second-order valence-electron chi connectivity index (χ2n) is 5.00. The van der Waals surface area contributed by atoms with Gasteiger partial charge in [-0.2, -0.15) is 0 Å². The van der Waals surface area contributed by atoms with E-state index in [1.54, 1.807) is 38.3 Å². The largest absolute Gasteiger partial charge is 0.497 e. The normalized spacial score (nSPS) is 11.9. The summed E-state index contributed by atoms with van der Waals surface area (Å²) < 4.78 is 10.1. The Morgan fingerprint density at radius 3 is 2.29 bits per heavy atom. The fraction of sp³-hybridized carbons (Fsp3) is 0.500. The maximum Gasteiger partial charge on any atom is 0.329 e. The van der Waals surface area contributed by atoms with E-state index in [1.807, 2.05) is 13.8 Å². The Balaban J connectivity index is 2.79. The van der Waals surface area contributed by atoms with Crippen LogP contribution in [0.4, 0.5) is 5.69 Å². The Labute approximate surface area is 125 Å². The predicted octanol–water partition coefficient (Wildman–Crippen LogP) is 2.65. The van der Waals surface area contributed by atoms with Crippen LogP contribution in [0.1, 0.15) is 27.2 Å². The van der Waals surface area contributed by atoms with Crippen LogP contribution in [-0.4, -0.2) is 31.5 Å². The number of anilines is 1. The monoisotopic (exact) mass is 293 g/mol. The third-order valence-corrected chi connectivity index (χ3v) is 3.05. The highest BCUT2D eigenvalue weighted by Gasteiger charge is 2.24. The minimum atomic E-state index is -0.673. The number of methoxy groups -OCH3 is 1. The molecule has 1 unspecified atom stereocenters. The average molecular weight is 293 g/mol. The van der Waals surface area contributed by atoms with Crippen LogP contribution < -0.4 is 10.1 Å². The summed E-state index contributed by atoms with van der Waals surface area (Å²) in [4.78, 5) is 23.9. The van der Waals surface area contributed by atoms with Gasteiger partial charge in [-0.1, -0.05) is 13.8 Å². The molecule has 0 bridgehead atoms. The van der Waals surface area contributed by atoms with Crippen molar-refractivity contribution < 1.29 is 19.1 Å². The Morgan fingerprint density at radius 2 is 1.81 bits per heavy atom. The molecule has 1 N–H and O–H groups in total. The second-order valence-corrected chi connectivity index (χ2v) is 5.00. The smallest absolute Gasteiger partial charge is 0.329 e. The molecule has 0 spiro atoms. The number of ether oxygens (including phenoxy) is 2. The lowest BCUT2D eigenvalue weighted by molar-refractivity contribution is -0.145. The number of benzene rings is 1. The highest BCUT2D eigenvalue weighted by molar-refractivity contribution is 5.89. The molecule has 5 heteroatoms. The van der Waals surface area contributed by atoms with E-state index in [0.717, 1.165) is 11.4 Å². The summed E-state index contributed by atoms with van der Waals surface area (Å²) in [6.45, 7) is 5.66. The van der Waals surface area contributed by atoms with Gasteiger partial charge in [0.05, 0.1) is 13.7 Å². The number of Topliss-reactive ketones (excluding diaryl/α,β-unsaturated/α-hetero) is 1. The van der Waals surface area contributed by atoms with Crippen LogP contribution in [0.2, 0.25) is 0 Å². The molecule has 0 heterocycles. The van der Waals surface area contributed by atoms with Gasteiger partial charge < -0.3 is 14.8 Å². The number of hydrogen-bond donors (Lipinski definition) is 1. The number of nitrogens with one attached hydrogen (secondary N) is 1. The zero-order valence-corrected chi connectivity index (χ0v) is 13.0. The molecule has 1 rings (SSSR count). The molecule has 21 heavy (non-hydrogen) atoms. The molecule has 1 aromatic rings. The van der Waals surface area contributed by atoms with Gasteiger partial charge in [-0.15, -0.1) is 0 Å². The highest BCUT2D eigenvalue weighted by Crippen LogP contribution is 2.17. The first kappa shape index (κ1) is 17.0. The third-order valence-electron chi connectivity index (χ3n) is 3.05. The SMILES string of the molecule is CCOC(=O)C(CC(=O)C(C)C)Nc1ccc(OC)cc1. The van der Waals surface area contributed by atoms with E-state index in [1.165, 1.54) is 0 Å². The van der Waals surface area contributed by atoms with Gasteiger partial charge >= 0.3 is 5.97 Å². The molecule has 0 aliphatic carbocycles. The molecule has 0 radical (unpaired) electrons. The topological polar surface area (TPSA) is 64.6 Å². The van der Waals surface area contributed by atoms with Gasteiger partial charge in [0, 0.05) is 18.0 Å². The Bertz CT molecular complexity index is 468. The molecule has 0 amide bonds. The average Bonchev–Trinajstić information content (AvgIpc) is 2.47. The molecule has 1 aromatic carbocycles. The summed E-state index contributed by atoms with van der Waals surface area (Å²) in [5, 5.41) is 3.05. The van der Waals surface area contributed by atoms with Crippen LogP contribution >= 0.6 is 0 Å². The van der Waals surface area contributed by atoms with Crippen molar-refractivity contribution in [3.8, 4) is 5.75 Å². The molecule has 0 saturated carbocycles. The molecular weight excluding hydrogens is 270 g/mol. The maximum atomic E-state index is 12.0. The summed E-state index contributed by atoms with van der Waals surface area (Å²) >= 11 is 0. The number of ketones is 1. The van der Waals surface area contributed by atoms with Crippen molar-refractivity contribution in [3.63, 3.8) is 0 Å². The summed E-state index contributed by atoms with van der Waals surface area (Å²) in [5.41, 5.74) is 0.741. The van der Waals surface area contributed by atoms with Crippen LogP contribution in [0, 0.1) is 5.92 Å². The van der Waals surface area contributed by atoms with Crippen molar-refractivity contribution in [2.45, 2.75) is 33.2 Å². The van der Waals surface area contributed by atoms with Crippen molar-refractivity contribution in [1.29, 1.82) is 0 Å². The van der Waals surface area contributed by atoms with E-state index >= 15 is 0 Å². The number of hydrogen-bond acceptors (Lipinski definition) is 5. The molecule has 0 aromatic heterocycles. The van der Waals surface area contributed by atoms with Gasteiger partial charge in [0.2, 0.25) is 0 Å². The highest BCUT2D eigenvalue weighted by atomic mass is 16.5. The van der Waals surface area contributed by atoms with Crippen LogP contribution in [0.3, 0.4) is 0 Å². The lowest BCUT2D eigenvalue weighted by atomic mass is 10.0. The van der Waals surface area contributed by atoms with E-state index in [0.29, 0.717) is 0 Å². The number of esters is 1. The van der Waals surface area contributed by atoms with Crippen LogP contribution in [-0.2, 0) is 14.3 Å². The maximum absolute atomic E-state index is 12.0. The molecular formula is C16H23NO4. The number of rotatable bonds is 8. The first-order valence-corrected chi connectivity index (χ1v) is 7.07. The lowest BCUT2D eigenvalue weighted by Crippen LogP contribution is -2.34. The number of carbonyl (C=O) groups excluding carboxylic acids is 2. The number of carbonyl (C=O) groups is 2. The minimum absolute atomic E-state index is 0.0223. The van der Waals surface area contributed by atoms with Gasteiger partial charge in [-0.05, 0) is 31.2 Å². The van der Waals surface area contributed by atoms with Crippen molar-refractivity contribution in [2.75, 3.05) is 19.0 Å². The summed E-state index contributed by atoms with van der Waals surface area (Å²) in [6.07, 6.45) is 0.114. The fourth-order valence-electron chi connectivity index (χ4n) is 1.76. The quantitative estimate of drug-likeness (QED) is 0.746. The lowest BCUT2D eigenvalue weighted by Gasteiger charge is -2.19. The molecule has 0 aliphatic heterocycles. The first-order valence-electron chi connectivity index (χ1n) is 7.07. The summed E-state index contributed by atoms with van der Waals surface area (Å²) in [5.74, 6) is 0.225. The van der Waals surface area contributed by atoms with Crippen molar-refractivity contribution >= 4 is 17.4 Å².